The van der Waals surface area contributed by atoms with Gasteiger partial charge in [-0.15, -0.1) is 10.2 Å². The molecule has 4 nitrogen and oxygen atoms in total. The van der Waals surface area contributed by atoms with Crippen molar-refractivity contribution < 1.29 is 4.42 Å². The first-order valence-corrected chi connectivity index (χ1v) is 7.29. The fraction of sp³-hybridized carbons (Fsp3) is 0.500. The van der Waals surface area contributed by atoms with Crippen LogP contribution in [0.3, 0.4) is 0 Å². The monoisotopic (exact) mass is 271 g/mol. The molecule has 1 aliphatic rings. The molecule has 1 N–H and O–H groups in total. The topological polar surface area (TPSA) is 51.0 Å². The molecular formula is C16H21N3O. The third-order valence-electron chi connectivity index (χ3n) is 4.33. The summed E-state index contributed by atoms with van der Waals surface area (Å²) >= 11 is 0. The molecule has 1 heterocycles. The van der Waals surface area contributed by atoms with Crippen LogP contribution in [0.5, 0.6) is 0 Å². The van der Waals surface area contributed by atoms with Gasteiger partial charge in [0.15, 0.2) is 0 Å². The van der Waals surface area contributed by atoms with Crippen LogP contribution < -0.4 is 5.32 Å². The predicted octanol–water partition coefficient (Wildman–Crippen LogP) is 3.21. The largest absolute Gasteiger partial charge is 0.423 e. The van der Waals surface area contributed by atoms with E-state index >= 15 is 0 Å². The molecule has 0 aliphatic heterocycles. The van der Waals surface area contributed by atoms with E-state index in [1.54, 1.807) is 0 Å². The van der Waals surface area contributed by atoms with Crippen molar-refractivity contribution in [2.24, 2.45) is 0 Å². The lowest BCUT2D eigenvalue weighted by Crippen LogP contribution is -2.18. The molecule has 1 unspecified atom stereocenters. The minimum atomic E-state index is -0.0394. The summed E-state index contributed by atoms with van der Waals surface area (Å²) in [5.41, 5.74) is 1.21. The summed E-state index contributed by atoms with van der Waals surface area (Å²) < 4.78 is 5.99. The lowest BCUT2D eigenvalue weighted by molar-refractivity contribution is 0.326. The van der Waals surface area contributed by atoms with E-state index in [0.29, 0.717) is 5.89 Å². The van der Waals surface area contributed by atoms with Gasteiger partial charge in [0.2, 0.25) is 11.8 Å². The molecule has 106 valence electrons. The predicted molar refractivity (Wildman–Crippen MR) is 77.5 cm³/mol. The summed E-state index contributed by atoms with van der Waals surface area (Å²) in [4.78, 5) is 0. The Hall–Kier alpha value is -1.68. The van der Waals surface area contributed by atoms with E-state index in [9.17, 15) is 0 Å². The van der Waals surface area contributed by atoms with Gasteiger partial charge in [-0.25, -0.2) is 0 Å². The van der Waals surface area contributed by atoms with Crippen molar-refractivity contribution in [3.63, 3.8) is 0 Å². The minimum Gasteiger partial charge on any atom is -0.423 e. The minimum absolute atomic E-state index is 0.0394. The average Bonchev–Trinajstić information content (AvgIpc) is 3.11. The highest BCUT2D eigenvalue weighted by molar-refractivity contribution is 5.23. The third kappa shape index (κ3) is 2.36. The molecular weight excluding hydrogens is 250 g/mol. The summed E-state index contributed by atoms with van der Waals surface area (Å²) in [6.45, 7) is 2.23. The van der Waals surface area contributed by atoms with Crippen LogP contribution in [0.1, 0.15) is 56.0 Å². The van der Waals surface area contributed by atoms with Gasteiger partial charge in [0.25, 0.3) is 0 Å². The number of benzene rings is 1. The van der Waals surface area contributed by atoms with Crippen molar-refractivity contribution in [3.8, 4) is 0 Å². The Morgan fingerprint density at radius 1 is 1.15 bits per heavy atom. The zero-order chi connectivity index (χ0) is 14.0. The van der Waals surface area contributed by atoms with E-state index < -0.39 is 0 Å². The van der Waals surface area contributed by atoms with Crippen LogP contribution in [0.25, 0.3) is 0 Å². The first-order valence-electron chi connectivity index (χ1n) is 7.29. The van der Waals surface area contributed by atoms with Crippen molar-refractivity contribution in [1.29, 1.82) is 0 Å². The van der Waals surface area contributed by atoms with Crippen LogP contribution in [0.15, 0.2) is 34.7 Å². The zero-order valence-corrected chi connectivity index (χ0v) is 12.1. The Bertz CT molecular complexity index is 558. The lowest BCUT2D eigenvalue weighted by Gasteiger charge is -2.18. The van der Waals surface area contributed by atoms with E-state index in [1.807, 2.05) is 25.2 Å². The Morgan fingerprint density at radius 3 is 2.50 bits per heavy atom. The molecule has 1 saturated carbocycles. The molecule has 0 radical (unpaired) electrons. The van der Waals surface area contributed by atoms with Crippen LogP contribution in [-0.2, 0) is 5.41 Å². The van der Waals surface area contributed by atoms with Gasteiger partial charge in [0.05, 0.1) is 0 Å². The highest BCUT2D eigenvalue weighted by Crippen LogP contribution is 2.40. The van der Waals surface area contributed by atoms with E-state index in [1.165, 1.54) is 12.8 Å². The van der Waals surface area contributed by atoms with Crippen LogP contribution in [0, 0.1) is 0 Å². The third-order valence-corrected chi connectivity index (χ3v) is 4.33. The number of nitrogens with one attached hydrogen (secondary N) is 1. The zero-order valence-electron chi connectivity index (χ0n) is 12.1. The van der Waals surface area contributed by atoms with Crippen LogP contribution in [0.2, 0.25) is 0 Å². The van der Waals surface area contributed by atoms with Crippen LogP contribution in [0.4, 0.5) is 0 Å². The molecule has 0 saturated heterocycles. The normalized spacial score (nSPS) is 19.1. The van der Waals surface area contributed by atoms with Gasteiger partial charge in [0, 0.05) is 5.41 Å². The Kier molecular flexibility index (Phi) is 3.57. The molecule has 3 rings (SSSR count). The van der Waals surface area contributed by atoms with Gasteiger partial charge in [-0.05, 0) is 25.5 Å². The number of aromatic nitrogens is 2. The van der Waals surface area contributed by atoms with Gasteiger partial charge in [-0.1, -0.05) is 50.1 Å². The summed E-state index contributed by atoms with van der Waals surface area (Å²) in [6, 6.07) is 10.2. The van der Waals surface area contributed by atoms with Gasteiger partial charge in [-0.3, -0.25) is 0 Å². The molecule has 1 aromatic heterocycles. The quantitative estimate of drug-likeness (QED) is 0.927. The standard InChI is InChI=1S/C16H21N3O/c1-16(10-6-7-11-16)15-19-18-14(20-15)13(17-2)12-8-4-3-5-9-12/h3-5,8-9,13,17H,6-7,10-11H2,1-2H3. The number of rotatable bonds is 4. The maximum Gasteiger partial charge on any atom is 0.237 e. The fourth-order valence-electron chi connectivity index (χ4n) is 3.04. The molecule has 1 aliphatic carbocycles. The highest BCUT2D eigenvalue weighted by Gasteiger charge is 2.36. The SMILES string of the molecule is CNC(c1ccccc1)c1nnc(C2(C)CCCC2)o1. The molecule has 1 aromatic carbocycles. The Labute approximate surface area is 119 Å². The summed E-state index contributed by atoms with van der Waals surface area (Å²) in [5, 5.41) is 11.8. The molecule has 2 aromatic rings. The fourth-order valence-corrected chi connectivity index (χ4v) is 3.04. The van der Waals surface area contributed by atoms with Crippen molar-refractivity contribution in [3.05, 3.63) is 47.7 Å². The summed E-state index contributed by atoms with van der Waals surface area (Å²) in [5.74, 6) is 1.45. The second kappa shape index (κ2) is 5.37. The van der Waals surface area contributed by atoms with E-state index in [-0.39, 0.29) is 11.5 Å². The number of nitrogens with zero attached hydrogens (tertiary/aromatic N) is 2. The number of hydrogen-bond acceptors (Lipinski definition) is 4. The molecule has 0 spiro atoms. The van der Waals surface area contributed by atoms with Gasteiger partial charge >= 0.3 is 0 Å². The van der Waals surface area contributed by atoms with Crippen molar-refractivity contribution in [2.45, 2.75) is 44.1 Å². The second-order valence-electron chi connectivity index (χ2n) is 5.85. The molecule has 4 heteroatoms. The maximum absolute atomic E-state index is 5.99. The van der Waals surface area contributed by atoms with Gasteiger partial charge < -0.3 is 9.73 Å². The first-order chi connectivity index (χ1) is 9.73. The molecule has 0 amide bonds. The second-order valence-corrected chi connectivity index (χ2v) is 5.85. The summed E-state index contributed by atoms with van der Waals surface area (Å²) in [7, 11) is 1.92. The van der Waals surface area contributed by atoms with Crippen molar-refractivity contribution in [2.75, 3.05) is 7.05 Å². The smallest absolute Gasteiger partial charge is 0.237 e. The molecule has 1 atom stereocenters. The van der Waals surface area contributed by atoms with Crippen LogP contribution >= 0.6 is 0 Å². The molecule has 0 bridgehead atoms. The van der Waals surface area contributed by atoms with E-state index in [0.717, 1.165) is 24.3 Å². The van der Waals surface area contributed by atoms with Gasteiger partial charge in [-0.2, -0.15) is 0 Å². The van der Waals surface area contributed by atoms with Crippen molar-refractivity contribution >= 4 is 0 Å². The molecule has 1 fully saturated rings. The molecule has 20 heavy (non-hydrogen) atoms. The highest BCUT2D eigenvalue weighted by atomic mass is 16.4. The average molecular weight is 271 g/mol. The lowest BCUT2D eigenvalue weighted by atomic mass is 9.89. The Balaban J connectivity index is 1.89. The van der Waals surface area contributed by atoms with E-state index in [4.69, 9.17) is 4.42 Å². The van der Waals surface area contributed by atoms with E-state index in [2.05, 4.69) is 34.6 Å². The van der Waals surface area contributed by atoms with Crippen molar-refractivity contribution in [1.82, 2.24) is 15.5 Å². The Morgan fingerprint density at radius 2 is 1.85 bits per heavy atom. The summed E-state index contributed by atoms with van der Waals surface area (Å²) in [6.07, 6.45) is 4.79. The van der Waals surface area contributed by atoms with Crippen LogP contribution in [-0.4, -0.2) is 17.2 Å². The number of hydrogen-bond donors (Lipinski definition) is 1. The first kappa shape index (κ1) is 13.3. The van der Waals surface area contributed by atoms with Gasteiger partial charge in [0.1, 0.15) is 6.04 Å². The maximum atomic E-state index is 5.99.